The van der Waals surface area contributed by atoms with E-state index in [2.05, 4.69) is 10.3 Å². The minimum atomic E-state index is -0.531. The van der Waals surface area contributed by atoms with Gasteiger partial charge in [-0.15, -0.1) is 0 Å². The summed E-state index contributed by atoms with van der Waals surface area (Å²) in [7, 11) is 0. The van der Waals surface area contributed by atoms with E-state index in [-0.39, 0.29) is 12.4 Å². The van der Waals surface area contributed by atoms with Gasteiger partial charge in [0.2, 0.25) is 0 Å². The van der Waals surface area contributed by atoms with E-state index >= 15 is 0 Å². The van der Waals surface area contributed by atoms with Gasteiger partial charge in [0, 0.05) is 0 Å². The van der Waals surface area contributed by atoms with Crippen LogP contribution in [0.25, 0.3) is 0 Å². The Hall–Kier alpha value is -1.00. The Kier molecular flexibility index (Phi) is 3.74. The first-order chi connectivity index (χ1) is 8.20. The molecule has 1 unspecified atom stereocenters. The molecule has 0 aliphatic heterocycles. The molecule has 1 aliphatic carbocycles. The van der Waals surface area contributed by atoms with Crippen LogP contribution in [-0.4, -0.2) is 23.2 Å². The van der Waals surface area contributed by atoms with Crippen LogP contribution >= 0.6 is 0 Å². The van der Waals surface area contributed by atoms with Crippen LogP contribution in [0, 0.1) is 11.7 Å². The average Bonchev–Trinajstić information content (AvgIpc) is 3.17. The summed E-state index contributed by atoms with van der Waals surface area (Å²) >= 11 is 0. The van der Waals surface area contributed by atoms with Crippen molar-refractivity contribution in [1.29, 1.82) is 0 Å². The lowest BCUT2D eigenvalue weighted by Crippen LogP contribution is -2.46. The van der Waals surface area contributed by atoms with Gasteiger partial charge < -0.3 is 10.4 Å². The zero-order chi connectivity index (χ0) is 12.3. The summed E-state index contributed by atoms with van der Waals surface area (Å²) in [6.07, 6.45) is 4.45. The number of rotatable bonds is 6. The predicted molar refractivity (Wildman–Crippen MR) is 64.0 cm³/mol. The highest BCUT2D eigenvalue weighted by Crippen LogP contribution is 2.30. The number of hydrogen-bond acceptors (Lipinski definition) is 3. The summed E-state index contributed by atoms with van der Waals surface area (Å²) < 4.78 is 12.9. The maximum Gasteiger partial charge on any atom is 0.141 e. The number of aliphatic hydroxyl groups excluding tert-OH is 1. The molecule has 0 saturated heterocycles. The van der Waals surface area contributed by atoms with Gasteiger partial charge in [-0.25, -0.2) is 4.39 Å². The monoisotopic (exact) mass is 238 g/mol. The van der Waals surface area contributed by atoms with Crippen molar-refractivity contribution in [2.24, 2.45) is 5.92 Å². The molecule has 1 atom stereocenters. The van der Waals surface area contributed by atoms with Crippen LogP contribution in [0.3, 0.4) is 0 Å². The van der Waals surface area contributed by atoms with Crippen molar-refractivity contribution < 1.29 is 9.50 Å². The van der Waals surface area contributed by atoms with E-state index in [0.717, 1.165) is 18.9 Å². The van der Waals surface area contributed by atoms with Gasteiger partial charge in [-0.3, -0.25) is 4.98 Å². The van der Waals surface area contributed by atoms with Crippen LogP contribution in [0.4, 0.5) is 4.39 Å². The standard InChI is InChI=1S/C13H19FN2O/c1-2-13(9-17,16-7-10-3-4-10)12-6-5-11(14)8-15-12/h5-6,8,10,16-17H,2-4,7,9H2,1H3. The Labute approximate surface area is 101 Å². The number of aromatic nitrogens is 1. The SMILES string of the molecule is CCC(CO)(NCC1CC1)c1ccc(F)cn1. The van der Waals surface area contributed by atoms with E-state index in [4.69, 9.17) is 0 Å². The highest BCUT2D eigenvalue weighted by molar-refractivity contribution is 5.17. The molecule has 0 bridgehead atoms. The molecule has 1 saturated carbocycles. The number of nitrogens with one attached hydrogen (secondary N) is 1. The van der Waals surface area contributed by atoms with Crippen molar-refractivity contribution in [3.63, 3.8) is 0 Å². The van der Waals surface area contributed by atoms with Crippen LogP contribution in [0.15, 0.2) is 18.3 Å². The van der Waals surface area contributed by atoms with Gasteiger partial charge in [0.15, 0.2) is 0 Å². The van der Waals surface area contributed by atoms with Gasteiger partial charge in [0.1, 0.15) is 5.82 Å². The minimum absolute atomic E-state index is 0.0190. The second kappa shape index (κ2) is 5.10. The van der Waals surface area contributed by atoms with E-state index < -0.39 is 5.54 Å². The molecule has 2 rings (SSSR count). The van der Waals surface area contributed by atoms with Crippen LogP contribution in [0.1, 0.15) is 31.9 Å². The van der Waals surface area contributed by atoms with Crippen molar-refractivity contribution in [1.82, 2.24) is 10.3 Å². The second-order valence-electron chi connectivity index (χ2n) is 4.78. The Morgan fingerprint density at radius 1 is 1.53 bits per heavy atom. The molecule has 4 heteroatoms. The van der Waals surface area contributed by atoms with Crippen LogP contribution < -0.4 is 5.32 Å². The summed E-state index contributed by atoms with van der Waals surface area (Å²) in [6, 6.07) is 3.04. The lowest BCUT2D eigenvalue weighted by Gasteiger charge is -2.31. The summed E-state index contributed by atoms with van der Waals surface area (Å²) in [5.41, 5.74) is 0.181. The van der Waals surface area contributed by atoms with Crippen molar-refractivity contribution in [3.05, 3.63) is 29.8 Å². The maximum absolute atomic E-state index is 12.9. The average molecular weight is 238 g/mol. The van der Waals surface area contributed by atoms with Gasteiger partial charge in [-0.2, -0.15) is 0 Å². The summed E-state index contributed by atoms with van der Waals surface area (Å²) in [5.74, 6) is 0.381. The molecular formula is C13H19FN2O. The number of hydrogen-bond donors (Lipinski definition) is 2. The fourth-order valence-electron chi connectivity index (χ4n) is 1.97. The highest BCUT2D eigenvalue weighted by Gasteiger charge is 2.33. The molecule has 0 amide bonds. The highest BCUT2D eigenvalue weighted by atomic mass is 19.1. The third-order valence-corrected chi connectivity index (χ3v) is 3.52. The summed E-state index contributed by atoms with van der Waals surface area (Å²) in [4.78, 5) is 4.09. The largest absolute Gasteiger partial charge is 0.394 e. The zero-order valence-corrected chi connectivity index (χ0v) is 10.1. The van der Waals surface area contributed by atoms with Crippen LogP contribution in [0.2, 0.25) is 0 Å². The molecule has 1 aliphatic rings. The Morgan fingerprint density at radius 3 is 2.76 bits per heavy atom. The van der Waals surface area contributed by atoms with Gasteiger partial charge in [0.25, 0.3) is 0 Å². The molecule has 2 N–H and O–H groups in total. The zero-order valence-electron chi connectivity index (χ0n) is 10.1. The molecular weight excluding hydrogens is 219 g/mol. The number of aliphatic hydroxyl groups is 1. The fraction of sp³-hybridized carbons (Fsp3) is 0.615. The van der Waals surface area contributed by atoms with Crippen molar-refractivity contribution in [2.75, 3.05) is 13.2 Å². The Morgan fingerprint density at radius 2 is 2.29 bits per heavy atom. The molecule has 1 aromatic heterocycles. The quantitative estimate of drug-likeness (QED) is 0.794. The molecule has 1 heterocycles. The van der Waals surface area contributed by atoms with E-state index in [1.54, 1.807) is 6.07 Å². The number of nitrogens with zero attached hydrogens (tertiary/aromatic N) is 1. The molecule has 0 spiro atoms. The van der Waals surface area contributed by atoms with Gasteiger partial charge >= 0.3 is 0 Å². The number of halogens is 1. The van der Waals surface area contributed by atoms with Crippen molar-refractivity contribution in [3.8, 4) is 0 Å². The Balaban J connectivity index is 2.15. The first-order valence-corrected chi connectivity index (χ1v) is 6.18. The normalized spacial score (nSPS) is 19.0. The lowest BCUT2D eigenvalue weighted by molar-refractivity contribution is 0.150. The van der Waals surface area contributed by atoms with E-state index in [9.17, 15) is 9.50 Å². The van der Waals surface area contributed by atoms with Gasteiger partial charge in [0.05, 0.1) is 24.0 Å². The fourth-order valence-corrected chi connectivity index (χ4v) is 1.97. The van der Waals surface area contributed by atoms with Crippen molar-refractivity contribution >= 4 is 0 Å². The summed E-state index contributed by atoms with van der Waals surface area (Å²) in [5, 5.41) is 13.0. The van der Waals surface area contributed by atoms with Gasteiger partial charge in [-0.1, -0.05) is 6.92 Å². The van der Waals surface area contributed by atoms with Crippen LogP contribution in [0.5, 0.6) is 0 Å². The molecule has 94 valence electrons. The van der Waals surface area contributed by atoms with Gasteiger partial charge in [-0.05, 0) is 43.9 Å². The Bertz CT molecular complexity index is 358. The first kappa shape index (κ1) is 12.5. The maximum atomic E-state index is 12.9. The molecule has 1 aromatic rings. The van der Waals surface area contributed by atoms with E-state index in [1.165, 1.54) is 25.1 Å². The third-order valence-electron chi connectivity index (χ3n) is 3.52. The molecule has 3 nitrogen and oxygen atoms in total. The molecule has 0 radical (unpaired) electrons. The van der Waals surface area contributed by atoms with Crippen molar-refractivity contribution in [2.45, 2.75) is 31.7 Å². The lowest BCUT2D eigenvalue weighted by atomic mass is 9.92. The smallest absolute Gasteiger partial charge is 0.141 e. The molecule has 1 fully saturated rings. The summed E-state index contributed by atoms with van der Waals surface area (Å²) in [6.45, 7) is 2.88. The molecule has 17 heavy (non-hydrogen) atoms. The number of pyridine rings is 1. The third kappa shape index (κ3) is 2.82. The molecule has 0 aromatic carbocycles. The topological polar surface area (TPSA) is 45.1 Å². The van der Waals surface area contributed by atoms with E-state index in [0.29, 0.717) is 5.69 Å². The minimum Gasteiger partial charge on any atom is -0.394 e. The van der Waals surface area contributed by atoms with Crippen LogP contribution in [-0.2, 0) is 5.54 Å². The predicted octanol–water partition coefficient (Wildman–Crippen LogP) is 1.82. The second-order valence-corrected chi connectivity index (χ2v) is 4.78. The first-order valence-electron chi connectivity index (χ1n) is 6.18. The van der Waals surface area contributed by atoms with E-state index in [1.807, 2.05) is 6.92 Å².